The molecule has 0 aliphatic heterocycles. The Kier molecular flexibility index (Phi) is 5.51. The molecule has 0 bridgehead atoms. The summed E-state index contributed by atoms with van der Waals surface area (Å²) in [5.74, 6) is 0.0467. The predicted octanol–water partition coefficient (Wildman–Crippen LogP) is 4.75. The summed E-state index contributed by atoms with van der Waals surface area (Å²) in [6.45, 7) is 5.21. The Morgan fingerprint density at radius 1 is 1.15 bits per heavy atom. The third-order valence-corrected chi connectivity index (χ3v) is 4.25. The summed E-state index contributed by atoms with van der Waals surface area (Å²) in [5.41, 5.74) is 1.98. The van der Waals surface area contributed by atoms with Crippen LogP contribution in [-0.2, 0) is 9.53 Å². The van der Waals surface area contributed by atoms with Crippen LogP contribution in [0.2, 0.25) is 5.02 Å². The first kappa shape index (κ1) is 19.0. The van der Waals surface area contributed by atoms with Gasteiger partial charge in [0.25, 0.3) is 0 Å². The molecule has 140 valence electrons. The van der Waals surface area contributed by atoms with Crippen molar-refractivity contribution in [2.24, 2.45) is 0 Å². The van der Waals surface area contributed by atoms with Gasteiger partial charge in [0.15, 0.2) is 6.61 Å². The van der Waals surface area contributed by atoms with E-state index in [9.17, 15) is 9.59 Å². The molecule has 2 aromatic carbocycles. The molecule has 3 rings (SSSR count). The third kappa shape index (κ3) is 4.31. The number of esters is 1. The summed E-state index contributed by atoms with van der Waals surface area (Å²) >= 11 is 5.93. The molecule has 0 saturated carbocycles. The van der Waals surface area contributed by atoms with Gasteiger partial charge in [-0.2, -0.15) is 0 Å². The molecule has 0 aliphatic rings. The second kappa shape index (κ2) is 7.84. The standard InChI is InChI=1S/C21H19ClO5/c1-12(2)26-19(23)11-25-16-8-9-18-17(10-16)13(3)20(21(24)27-18)14-4-6-15(22)7-5-14/h4-10,12H,11H2,1-3H3. The van der Waals surface area contributed by atoms with Crippen LogP contribution in [0, 0.1) is 6.92 Å². The van der Waals surface area contributed by atoms with Crippen LogP contribution in [0.5, 0.6) is 5.75 Å². The van der Waals surface area contributed by atoms with Crippen LogP contribution < -0.4 is 10.4 Å². The Labute approximate surface area is 161 Å². The number of hydrogen-bond donors (Lipinski definition) is 0. The highest BCUT2D eigenvalue weighted by molar-refractivity contribution is 6.30. The second-order valence-corrected chi connectivity index (χ2v) is 6.82. The molecule has 0 saturated heterocycles. The molecule has 0 spiro atoms. The van der Waals surface area contributed by atoms with Crippen molar-refractivity contribution in [3.05, 3.63) is 63.5 Å². The van der Waals surface area contributed by atoms with Crippen LogP contribution in [-0.4, -0.2) is 18.7 Å². The van der Waals surface area contributed by atoms with Gasteiger partial charge in [-0.25, -0.2) is 9.59 Å². The van der Waals surface area contributed by atoms with Gasteiger partial charge in [0.1, 0.15) is 11.3 Å². The SMILES string of the molecule is Cc1c(-c2ccc(Cl)cc2)c(=O)oc2ccc(OCC(=O)OC(C)C)cc12. The topological polar surface area (TPSA) is 65.7 Å². The molecule has 1 heterocycles. The van der Waals surface area contributed by atoms with Crippen molar-refractivity contribution in [3.8, 4) is 16.9 Å². The first-order chi connectivity index (χ1) is 12.8. The summed E-state index contributed by atoms with van der Waals surface area (Å²) in [6.07, 6.45) is -0.198. The minimum Gasteiger partial charge on any atom is -0.482 e. The fourth-order valence-corrected chi connectivity index (χ4v) is 2.94. The van der Waals surface area contributed by atoms with Crippen LogP contribution in [0.1, 0.15) is 19.4 Å². The summed E-state index contributed by atoms with van der Waals surface area (Å²) < 4.78 is 16.0. The summed E-state index contributed by atoms with van der Waals surface area (Å²) in [7, 11) is 0. The van der Waals surface area contributed by atoms with Crippen molar-refractivity contribution in [2.45, 2.75) is 26.9 Å². The van der Waals surface area contributed by atoms with Gasteiger partial charge in [-0.05, 0) is 62.2 Å². The molecule has 1 aromatic heterocycles. The lowest BCUT2D eigenvalue weighted by Crippen LogP contribution is -2.18. The van der Waals surface area contributed by atoms with Crippen LogP contribution in [0.3, 0.4) is 0 Å². The Morgan fingerprint density at radius 2 is 1.85 bits per heavy atom. The zero-order chi connectivity index (χ0) is 19.6. The Balaban J connectivity index is 1.97. The molecule has 0 aliphatic carbocycles. The van der Waals surface area contributed by atoms with Gasteiger partial charge in [0.2, 0.25) is 0 Å². The summed E-state index contributed by atoms with van der Waals surface area (Å²) in [4.78, 5) is 24.1. The molecule has 3 aromatic rings. The van der Waals surface area contributed by atoms with Gasteiger partial charge < -0.3 is 13.9 Å². The molecule has 27 heavy (non-hydrogen) atoms. The van der Waals surface area contributed by atoms with Crippen molar-refractivity contribution in [1.29, 1.82) is 0 Å². The minimum atomic E-state index is -0.441. The largest absolute Gasteiger partial charge is 0.482 e. The average molecular weight is 387 g/mol. The van der Waals surface area contributed by atoms with Gasteiger partial charge in [-0.1, -0.05) is 23.7 Å². The predicted molar refractivity (Wildman–Crippen MR) is 104 cm³/mol. The van der Waals surface area contributed by atoms with E-state index in [1.165, 1.54) is 0 Å². The van der Waals surface area contributed by atoms with Crippen LogP contribution in [0.25, 0.3) is 22.1 Å². The monoisotopic (exact) mass is 386 g/mol. The number of carbonyl (C=O) groups is 1. The molecule has 0 N–H and O–H groups in total. The Bertz CT molecular complexity index is 1030. The lowest BCUT2D eigenvalue weighted by atomic mass is 9.99. The quantitative estimate of drug-likeness (QED) is 0.467. The van der Waals surface area contributed by atoms with E-state index in [2.05, 4.69) is 0 Å². The molecule has 0 radical (unpaired) electrons. The minimum absolute atomic E-state index is 0.191. The maximum absolute atomic E-state index is 12.4. The summed E-state index contributed by atoms with van der Waals surface area (Å²) in [6, 6.07) is 12.0. The van der Waals surface area contributed by atoms with Gasteiger partial charge in [-0.15, -0.1) is 0 Å². The normalized spacial score (nSPS) is 11.0. The van der Waals surface area contributed by atoms with Crippen LogP contribution in [0.4, 0.5) is 0 Å². The lowest BCUT2D eigenvalue weighted by Gasteiger charge is -2.11. The summed E-state index contributed by atoms with van der Waals surface area (Å²) in [5, 5.41) is 1.32. The fraction of sp³-hybridized carbons (Fsp3) is 0.238. The van der Waals surface area contributed by atoms with Crippen molar-refractivity contribution in [1.82, 2.24) is 0 Å². The highest BCUT2D eigenvalue weighted by atomic mass is 35.5. The smallest absolute Gasteiger partial charge is 0.344 e. The average Bonchev–Trinajstić information content (AvgIpc) is 2.61. The number of carbonyl (C=O) groups excluding carboxylic acids is 1. The van der Waals surface area contributed by atoms with Crippen LogP contribution in [0.15, 0.2) is 51.7 Å². The molecule has 0 atom stereocenters. The zero-order valence-electron chi connectivity index (χ0n) is 15.2. The van der Waals surface area contributed by atoms with E-state index in [1.54, 1.807) is 56.3 Å². The molecule has 0 unspecified atom stereocenters. The number of aryl methyl sites for hydroxylation is 1. The number of fused-ring (bicyclic) bond motifs is 1. The Morgan fingerprint density at radius 3 is 2.52 bits per heavy atom. The van der Waals surface area contributed by atoms with Crippen molar-refractivity contribution >= 4 is 28.5 Å². The molecule has 0 fully saturated rings. The molecule has 6 heteroatoms. The van der Waals surface area contributed by atoms with Crippen molar-refractivity contribution in [2.75, 3.05) is 6.61 Å². The molecule has 0 amide bonds. The first-order valence-corrected chi connectivity index (χ1v) is 8.88. The van der Waals surface area contributed by atoms with Crippen molar-refractivity contribution in [3.63, 3.8) is 0 Å². The number of hydrogen-bond acceptors (Lipinski definition) is 5. The van der Waals surface area contributed by atoms with Crippen molar-refractivity contribution < 1.29 is 18.7 Å². The van der Waals surface area contributed by atoms with E-state index >= 15 is 0 Å². The number of benzene rings is 2. The van der Waals surface area contributed by atoms with Gasteiger partial charge in [-0.3, -0.25) is 0 Å². The second-order valence-electron chi connectivity index (χ2n) is 6.38. The lowest BCUT2D eigenvalue weighted by molar-refractivity contribution is -0.149. The molecule has 5 nitrogen and oxygen atoms in total. The zero-order valence-corrected chi connectivity index (χ0v) is 16.0. The highest BCUT2D eigenvalue weighted by Crippen LogP contribution is 2.29. The fourth-order valence-electron chi connectivity index (χ4n) is 2.81. The maximum Gasteiger partial charge on any atom is 0.344 e. The maximum atomic E-state index is 12.4. The number of ether oxygens (including phenoxy) is 2. The van der Waals surface area contributed by atoms with E-state index in [0.717, 1.165) is 16.5 Å². The molecular formula is C21H19ClO5. The van der Waals surface area contributed by atoms with Gasteiger partial charge >= 0.3 is 11.6 Å². The number of rotatable bonds is 5. The van der Waals surface area contributed by atoms with E-state index in [-0.39, 0.29) is 12.7 Å². The first-order valence-electron chi connectivity index (χ1n) is 8.51. The number of halogens is 1. The van der Waals surface area contributed by atoms with Gasteiger partial charge in [0, 0.05) is 10.4 Å². The molecular weight excluding hydrogens is 368 g/mol. The van der Waals surface area contributed by atoms with Gasteiger partial charge in [0.05, 0.1) is 11.7 Å². The third-order valence-electron chi connectivity index (χ3n) is 3.99. The van der Waals surface area contributed by atoms with E-state index in [1.807, 2.05) is 6.92 Å². The van der Waals surface area contributed by atoms with E-state index < -0.39 is 11.6 Å². The van der Waals surface area contributed by atoms with Crippen LogP contribution >= 0.6 is 11.6 Å². The Hall–Kier alpha value is -2.79. The highest BCUT2D eigenvalue weighted by Gasteiger charge is 2.14. The van der Waals surface area contributed by atoms with E-state index in [4.69, 9.17) is 25.5 Å². The van der Waals surface area contributed by atoms with E-state index in [0.29, 0.717) is 21.9 Å².